The average Bonchev–Trinajstić information content (AvgIpc) is 2.92. The van der Waals surface area contributed by atoms with Crippen LogP contribution in [0.15, 0.2) is 15.1 Å². The van der Waals surface area contributed by atoms with E-state index in [0.717, 1.165) is 30.5 Å². The third kappa shape index (κ3) is 3.65. The van der Waals surface area contributed by atoms with Crippen LogP contribution in [-0.4, -0.2) is 70.7 Å². The zero-order valence-corrected chi connectivity index (χ0v) is 15.2. The van der Waals surface area contributed by atoms with Gasteiger partial charge in [-0.25, -0.2) is 0 Å². The van der Waals surface area contributed by atoms with Gasteiger partial charge < -0.3 is 25.6 Å². The number of pyridine rings is 1. The number of aromatic amines is 1. The van der Waals surface area contributed by atoms with Gasteiger partial charge in [-0.05, 0) is 7.05 Å². The van der Waals surface area contributed by atoms with Crippen molar-refractivity contribution >= 4 is 45.1 Å². The lowest BCUT2D eigenvalue weighted by Gasteiger charge is -2.32. The molecule has 0 spiro atoms. The number of rotatable bonds is 4. The number of nitrogens with two attached hydrogens (primary N) is 1. The number of likely N-dealkylation sites (N-methyl/N-ethyl adjacent to an activating group) is 1. The minimum atomic E-state index is -0.706. The highest BCUT2D eigenvalue weighted by Gasteiger charge is 2.23. The van der Waals surface area contributed by atoms with Gasteiger partial charge in [-0.3, -0.25) is 14.4 Å². The zero-order valence-electron chi connectivity index (χ0n) is 13.6. The molecule has 3 rings (SSSR count). The van der Waals surface area contributed by atoms with Gasteiger partial charge in [0, 0.05) is 32.2 Å². The number of amides is 2. The molecule has 134 valence electrons. The zero-order chi connectivity index (χ0) is 18.1. The Morgan fingerprint density at radius 2 is 2.04 bits per heavy atom. The Bertz CT molecular complexity index is 884. The summed E-state index contributed by atoms with van der Waals surface area (Å²) in [6.45, 7) is 3.03. The van der Waals surface area contributed by atoms with Crippen LogP contribution in [0.25, 0.3) is 10.2 Å². The predicted molar refractivity (Wildman–Crippen MR) is 97.4 cm³/mol. The van der Waals surface area contributed by atoms with E-state index in [1.165, 1.54) is 11.8 Å². The second-order valence-corrected chi connectivity index (χ2v) is 8.09. The van der Waals surface area contributed by atoms with E-state index in [9.17, 15) is 19.5 Å². The molecule has 0 aromatic carbocycles. The molecule has 0 aliphatic carbocycles. The summed E-state index contributed by atoms with van der Waals surface area (Å²) >= 11 is 2.34. The fraction of sp³-hybridized carbons (Fsp3) is 0.400. The number of H-pyrrole nitrogens is 1. The number of hydrogen-bond donors (Lipinski definition) is 3. The Morgan fingerprint density at radius 1 is 1.36 bits per heavy atom. The first-order chi connectivity index (χ1) is 11.9. The van der Waals surface area contributed by atoms with Gasteiger partial charge >= 0.3 is 0 Å². The molecule has 2 aromatic heterocycles. The number of piperazine rings is 1. The number of aromatic nitrogens is 1. The molecule has 4 N–H and O–H groups in total. The highest BCUT2D eigenvalue weighted by molar-refractivity contribution is 8.02. The molecular weight excluding hydrogens is 364 g/mol. The smallest absolute Gasteiger partial charge is 0.252 e. The molecule has 3 heterocycles. The number of fused-ring (bicyclic) bond motifs is 1. The lowest BCUT2D eigenvalue weighted by molar-refractivity contribution is -0.129. The first-order valence-electron chi connectivity index (χ1n) is 7.64. The maximum Gasteiger partial charge on any atom is 0.252 e. The molecule has 1 aliphatic rings. The monoisotopic (exact) mass is 382 g/mol. The van der Waals surface area contributed by atoms with Crippen LogP contribution in [0, 0.1) is 0 Å². The van der Waals surface area contributed by atoms with Gasteiger partial charge in [-0.1, -0.05) is 0 Å². The van der Waals surface area contributed by atoms with Crippen molar-refractivity contribution in [2.24, 2.45) is 5.73 Å². The Labute approximate surface area is 151 Å². The van der Waals surface area contributed by atoms with Crippen molar-refractivity contribution in [2.45, 2.75) is 4.21 Å². The molecular formula is C15H18N4O4S2. The summed E-state index contributed by atoms with van der Waals surface area (Å²) in [4.78, 5) is 42.2. The summed E-state index contributed by atoms with van der Waals surface area (Å²) < 4.78 is 0.894. The van der Waals surface area contributed by atoms with Gasteiger partial charge in [0.2, 0.25) is 5.91 Å². The number of nitrogens with one attached hydrogen (secondary N) is 1. The summed E-state index contributed by atoms with van der Waals surface area (Å²) in [6, 6.07) is 1.05. The molecule has 2 amide bonds. The standard InChI is InChI=1S/C15H18N4O4S2/c1-18-2-4-19(5-3-18)10(22)7-24-15-11(14(16)23)12-13(25-15)8(20)6-9(21)17-12/h6H,2-5,7H2,1H3,(H2,16,23)(H2,17,20,21). The number of hydrogen-bond acceptors (Lipinski definition) is 7. The average molecular weight is 382 g/mol. The van der Waals surface area contributed by atoms with E-state index in [1.807, 2.05) is 7.05 Å². The van der Waals surface area contributed by atoms with E-state index in [0.29, 0.717) is 22.0 Å². The van der Waals surface area contributed by atoms with Crippen molar-refractivity contribution in [1.82, 2.24) is 14.8 Å². The highest BCUT2D eigenvalue weighted by atomic mass is 32.2. The Morgan fingerprint density at radius 3 is 2.68 bits per heavy atom. The van der Waals surface area contributed by atoms with Crippen LogP contribution in [0.5, 0.6) is 5.75 Å². The van der Waals surface area contributed by atoms with Crippen LogP contribution in [-0.2, 0) is 4.79 Å². The van der Waals surface area contributed by atoms with Gasteiger partial charge in [0.05, 0.1) is 25.7 Å². The molecule has 8 nitrogen and oxygen atoms in total. The molecule has 25 heavy (non-hydrogen) atoms. The maximum atomic E-state index is 12.4. The van der Waals surface area contributed by atoms with E-state index >= 15 is 0 Å². The SMILES string of the molecule is CN1CCN(C(=O)CSc2sc3c(O)cc(=O)[nH]c3c2C(N)=O)CC1. The van der Waals surface area contributed by atoms with Gasteiger partial charge in [0.25, 0.3) is 11.5 Å². The third-order valence-corrected chi connectivity index (χ3v) is 6.52. The van der Waals surface area contributed by atoms with Crippen LogP contribution in [0.2, 0.25) is 0 Å². The summed E-state index contributed by atoms with van der Waals surface area (Å²) in [5.41, 5.74) is 5.28. The molecule has 0 unspecified atom stereocenters. The van der Waals surface area contributed by atoms with Gasteiger partial charge in [-0.2, -0.15) is 0 Å². The summed E-state index contributed by atoms with van der Waals surface area (Å²) in [6.07, 6.45) is 0. The lowest BCUT2D eigenvalue weighted by Crippen LogP contribution is -2.47. The molecule has 1 aliphatic heterocycles. The van der Waals surface area contributed by atoms with Gasteiger partial charge in [0.1, 0.15) is 5.75 Å². The molecule has 0 saturated carbocycles. The van der Waals surface area contributed by atoms with E-state index in [1.54, 1.807) is 4.90 Å². The first kappa shape index (κ1) is 17.8. The molecule has 0 bridgehead atoms. The van der Waals surface area contributed by atoms with Crippen molar-refractivity contribution in [1.29, 1.82) is 0 Å². The quantitative estimate of drug-likeness (QED) is 0.653. The van der Waals surface area contributed by atoms with Crippen molar-refractivity contribution in [3.05, 3.63) is 22.0 Å². The van der Waals surface area contributed by atoms with Crippen LogP contribution in [0.3, 0.4) is 0 Å². The van der Waals surface area contributed by atoms with Crippen molar-refractivity contribution in [2.75, 3.05) is 39.0 Å². The normalized spacial score (nSPS) is 15.6. The number of carbonyl (C=O) groups is 2. The number of aromatic hydroxyl groups is 1. The molecule has 1 fully saturated rings. The number of carbonyl (C=O) groups excluding carboxylic acids is 2. The van der Waals surface area contributed by atoms with E-state index < -0.39 is 11.5 Å². The van der Waals surface area contributed by atoms with Crippen molar-refractivity contribution in [3.8, 4) is 5.75 Å². The van der Waals surface area contributed by atoms with Gasteiger partial charge in [-0.15, -0.1) is 23.1 Å². The fourth-order valence-corrected chi connectivity index (χ4v) is 5.01. The molecule has 10 heteroatoms. The first-order valence-corrected chi connectivity index (χ1v) is 9.44. The molecule has 0 atom stereocenters. The number of primary amides is 1. The Kier molecular flexibility index (Phi) is 5.02. The van der Waals surface area contributed by atoms with Crippen LogP contribution < -0.4 is 11.3 Å². The summed E-state index contributed by atoms with van der Waals surface area (Å²) in [5, 5.41) is 9.93. The second kappa shape index (κ2) is 7.06. The maximum absolute atomic E-state index is 12.4. The van der Waals surface area contributed by atoms with Crippen molar-refractivity contribution in [3.63, 3.8) is 0 Å². The Balaban J connectivity index is 1.82. The van der Waals surface area contributed by atoms with Crippen LogP contribution in [0.1, 0.15) is 10.4 Å². The molecule has 1 saturated heterocycles. The minimum Gasteiger partial charge on any atom is -0.506 e. The van der Waals surface area contributed by atoms with Gasteiger partial charge in [0.15, 0.2) is 0 Å². The number of thioether (sulfide) groups is 1. The summed E-state index contributed by atoms with van der Waals surface area (Å²) in [5.74, 6) is -0.754. The fourth-order valence-electron chi connectivity index (χ4n) is 2.66. The van der Waals surface area contributed by atoms with Crippen molar-refractivity contribution < 1.29 is 14.7 Å². The minimum absolute atomic E-state index is 0.0105. The van der Waals surface area contributed by atoms with E-state index in [-0.39, 0.29) is 28.5 Å². The number of nitrogens with zero attached hydrogens (tertiary/aromatic N) is 2. The van der Waals surface area contributed by atoms with Crippen LogP contribution >= 0.6 is 23.1 Å². The highest BCUT2D eigenvalue weighted by Crippen LogP contribution is 2.40. The van der Waals surface area contributed by atoms with E-state index in [4.69, 9.17) is 5.73 Å². The molecule has 0 radical (unpaired) electrons. The lowest BCUT2D eigenvalue weighted by atomic mass is 10.2. The molecule has 2 aromatic rings. The largest absolute Gasteiger partial charge is 0.506 e. The second-order valence-electron chi connectivity index (χ2n) is 5.82. The van der Waals surface area contributed by atoms with Crippen LogP contribution in [0.4, 0.5) is 0 Å². The Hall–Kier alpha value is -2.04. The predicted octanol–water partition coefficient (Wildman–Crippen LogP) is 0.260. The number of thiophene rings is 1. The summed E-state index contributed by atoms with van der Waals surface area (Å²) in [7, 11) is 2.01. The third-order valence-electron chi connectivity index (χ3n) is 4.05. The van der Waals surface area contributed by atoms with E-state index in [2.05, 4.69) is 9.88 Å². The topological polar surface area (TPSA) is 120 Å².